The fourth-order valence-electron chi connectivity index (χ4n) is 4.73. The number of nitrogens with zero attached hydrogens (tertiary/aromatic N) is 2. The molecule has 5 aromatic rings. The normalized spacial score (nSPS) is 11.9. The van der Waals surface area contributed by atoms with Crippen molar-refractivity contribution >= 4 is 32.3 Å². The molecule has 0 aliphatic heterocycles. The van der Waals surface area contributed by atoms with Crippen molar-refractivity contribution in [2.24, 2.45) is 0 Å². The van der Waals surface area contributed by atoms with Gasteiger partial charge in [0.05, 0.1) is 0 Å². The first-order chi connectivity index (χ1) is 15.7. The van der Waals surface area contributed by atoms with E-state index in [1.165, 1.54) is 43.4 Å². The molecule has 0 saturated heterocycles. The van der Waals surface area contributed by atoms with Crippen LogP contribution in [0.1, 0.15) is 11.1 Å². The molecule has 0 atom stereocenters. The van der Waals surface area contributed by atoms with Crippen molar-refractivity contribution in [2.75, 3.05) is 27.2 Å². The van der Waals surface area contributed by atoms with Crippen molar-refractivity contribution < 1.29 is 0 Å². The molecular weight excluding hydrogens is 388 g/mol. The predicted octanol–water partition coefficient (Wildman–Crippen LogP) is 6.71. The first kappa shape index (κ1) is 20.7. The molecule has 0 saturated carbocycles. The van der Waals surface area contributed by atoms with Crippen LogP contribution in [-0.2, 0) is 13.1 Å². The van der Waals surface area contributed by atoms with Crippen LogP contribution in [0.3, 0.4) is 0 Å². The second-order valence-electron chi connectivity index (χ2n) is 8.95. The van der Waals surface area contributed by atoms with Crippen LogP contribution in [0, 0.1) is 0 Å². The van der Waals surface area contributed by atoms with Crippen molar-refractivity contribution in [1.82, 2.24) is 9.80 Å². The molecule has 0 amide bonds. The van der Waals surface area contributed by atoms with E-state index in [-0.39, 0.29) is 0 Å². The Morgan fingerprint density at radius 2 is 1.09 bits per heavy atom. The van der Waals surface area contributed by atoms with Gasteiger partial charge >= 0.3 is 0 Å². The fraction of sp³-hybridized carbons (Fsp3) is 0.200. The monoisotopic (exact) mass is 418 g/mol. The molecule has 0 bridgehead atoms. The summed E-state index contributed by atoms with van der Waals surface area (Å²) in [5, 5.41) is 8.02. The lowest BCUT2D eigenvalue weighted by Crippen LogP contribution is -2.31. The standard InChI is InChI=1S/C30H30N2/c1-31(2)18-19-32(21-26-14-9-13-23-10-3-6-15-27(23)26)22-30-28-16-7-4-11-24(28)20-25-12-5-8-17-29(25)30/h3-17,20H,18-19,21-22H2,1-2H3. The minimum Gasteiger partial charge on any atom is -0.308 e. The number of likely N-dealkylation sites (N-methyl/N-ethyl adjacent to an activating group) is 1. The van der Waals surface area contributed by atoms with Crippen molar-refractivity contribution in [2.45, 2.75) is 13.1 Å². The summed E-state index contributed by atoms with van der Waals surface area (Å²) in [6.07, 6.45) is 0. The molecule has 0 N–H and O–H groups in total. The van der Waals surface area contributed by atoms with Gasteiger partial charge in [0, 0.05) is 26.2 Å². The topological polar surface area (TPSA) is 6.48 Å². The van der Waals surface area contributed by atoms with Crippen LogP contribution in [0.4, 0.5) is 0 Å². The molecule has 5 rings (SSSR count). The third-order valence-corrected chi connectivity index (χ3v) is 6.40. The largest absolute Gasteiger partial charge is 0.308 e. The molecule has 2 heteroatoms. The summed E-state index contributed by atoms with van der Waals surface area (Å²) in [5.74, 6) is 0. The van der Waals surface area contributed by atoms with Gasteiger partial charge in [-0.2, -0.15) is 0 Å². The maximum atomic E-state index is 2.61. The highest BCUT2D eigenvalue weighted by atomic mass is 15.2. The Bertz CT molecular complexity index is 1310. The molecule has 0 fully saturated rings. The smallest absolute Gasteiger partial charge is 0.0250 e. The second-order valence-corrected chi connectivity index (χ2v) is 8.95. The molecule has 2 nitrogen and oxygen atoms in total. The van der Waals surface area contributed by atoms with E-state index in [1.54, 1.807) is 0 Å². The molecule has 5 aromatic carbocycles. The molecule has 0 heterocycles. The van der Waals surface area contributed by atoms with Gasteiger partial charge in [0.1, 0.15) is 0 Å². The van der Waals surface area contributed by atoms with Crippen LogP contribution in [0.15, 0.2) is 97.1 Å². The van der Waals surface area contributed by atoms with E-state index in [1.807, 2.05) is 0 Å². The number of hydrogen-bond acceptors (Lipinski definition) is 2. The maximum absolute atomic E-state index is 2.61. The molecule has 0 aliphatic rings. The van der Waals surface area contributed by atoms with Crippen molar-refractivity contribution in [3.8, 4) is 0 Å². The third-order valence-electron chi connectivity index (χ3n) is 6.40. The zero-order valence-corrected chi connectivity index (χ0v) is 19.0. The summed E-state index contributed by atoms with van der Waals surface area (Å²) in [6.45, 7) is 3.92. The third kappa shape index (κ3) is 4.25. The Kier molecular flexibility index (Phi) is 5.89. The highest BCUT2D eigenvalue weighted by molar-refractivity contribution is 6.02. The van der Waals surface area contributed by atoms with Crippen LogP contribution < -0.4 is 0 Å². The molecule has 0 unspecified atom stereocenters. The molecule has 32 heavy (non-hydrogen) atoms. The van der Waals surface area contributed by atoms with Crippen molar-refractivity contribution in [3.63, 3.8) is 0 Å². The van der Waals surface area contributed by atoms with Gasteiger partial charge in [0.25, 0.3) is 0 Å². The van der Waals surface area contributed by atoms with E-state index in [9.17, 15) is 0 Å². The van der Waals surface area contributed by atoms with Gasteiger partial charge in [-0.25, -0.2) is 0 Å². The minimum absolute atomic E-state index is 0.929. The summed E-state index contributed by atoms with van der Waals surface area (Å²) in [6, 6.07) is 35.4. The van der Waals surface area contributed by atoms with Crippen LogP contribution in [-0.4, -0.2) is 37.0 Å². The summed E-state index contributed by atoms with van der Waals surface area (Å²) in [4.78, 5) is 4.88. The lowest BCUT2D eigenvalue weighted by Gasteiger charge is -2.26. The van der Waals surface area contributed by atoms with E-state index in [0.717, 1.165) is 26.2 Å². The van der Waals surface area contributed by atoms with Gasteiger partial charge in [-0.15, -0.1) is 0 Å². The molecule has 0 spiro atoms. The minimum atomic E-state index is 0.929. The van der Waals surface area contributed by atoms with E-state index in [4.69, 9.17) is 0 Å². The molecule has 0 radical (unpaired) electrons. The first-order valence-corrected chi connectivity index (χ1v) is 11.4. The average Bonchev–Trinajstić information content (AvgIpc) is 2.82. The number of hydrogen-bond donors (Lipinski definition) is 0. The van der Waals surface area contributed by atoms with E-state index >= 15 is 0 Å². The Morgan fingerprint density at radius 3 is 1.75 bits per heavy atom. The number of benzene rings is 5. The molecule has 0 aliphatic carbocycles. The first-order valence-electron chi connectivity index (χ1n) is 11.4. The van der Waals surface area contributed by atoms with Crippen LogP contribution in [0.25, 0.3) is 32.3 Å². The Labute approximate surface area is 190 Å². The quantitative estimate of drug-likeness (QED) is 0.271. The van der Waals surface area contributed by atoms with Crippen molar-refractivity contribution in [3.05, 3.63) is 108 Å². The van der Waals surface area contributed by atoms with Crippen LogP contribution in [0.2, 0.25) is 0 Å². The Hall–Kier alpha value is -3.20. The summed E-state index contributed by atoms with van der Waals surface area (Å²) < 4.78 is 0. The number of fused-ring (bicyclic) bond motifs is 3. The summed E-state index contributed by atoms with van der Waals surface area (Å²) in [5.41, 5.74) is 2.82. The zero-order valence-electron chi connectivity index (χ0n) is 19.0. The van der Waals surface area contributed by atoms with Gasteiger partial charge in [0.2, 0.25) is 0 Å². The van der Waals surface area contributed by atoms with E-state index < -0.39 is 0 Å². The molecule has 160 valence electrons. The second kappa shape index (κ2) is 9.12. The molecule has 0 aromatic heterocycles. The Balaban J connectivity index is 1.58. The summed E-state index contributed by atoms with van der Waals surface area (Å²) >= 11 is 0. The van der Waals surface area contributed by atoms with Crippen LogP contribution in [0.5, 0.6) is 0 Å². The fourth-order valence-corrected chi connectivity index (χ4v) is 4.73. The van der Waals surface area contributed by atoms with E-state index in [2.05, 4.69) is 121 Å². The van der Waals surface area contributed by atoms with Gasteiger partial charge < -0.3 is 4.90 Å². The van der Waals surface area contributed by atoms with Crippen LogP contribution >= 0.6 is 0 Å². The van der Waals surface area contributed by atoms with Gasteiger partial charge in [-0.05, 0) is 63.6 Å². The SMILES string of the molecule is CN(C)CCN(Cc1cccc2ccccc12)Cc1c2ccccc2cc2ccccc12. The van der Waals surface area contributed by atoms with Gasteiger partial charge in [-0.1, -0.05) is 91.0 Å². The zero-order chi connectivity index (χ0) is 21.9. The van der Waals surface area contributed by atoms with Gasteiger partial charge in [-0.3, -0.25) is 4.90 Å². The highest BCUT2D eigenvalue weighted by Crippen LogP contribution is 2.30. The van der Waals surface area contributed by atoms with E-state index in [0.29, 0.717) is 0 Å². The lowest BCUT2D eigenvalue weighted by atomic mass is 9.96. The van der Waals surface area contributed by atoms with Gasteiger partial charge in [0.15, 0.2) is 0 Å². The maximum Gasteiger partial charge on any atom is 0.0250 e. The average molecular weight is 419 g/mol. The summed E-state index contributed by atoms with van der Waals surface area (Å²) in [7, 11) is 4.31. The highest BCUT2D eigenvalue weighted by Gasteiger charge is 2.14. The predicted molar refractivity (Wildman–Crippen MR) is 138 cm³/mol. The number of rotatable bonds is 7. The van der Waals surface area contributed by atoms with Crippen molar-refractivity contribution in [1.29, 1.82) is 0 Å². The lowest BCUT2D eigenvalue weighted by molar-refractivity contribution is 0.228. The Morgan fingerprint density at radius 1 is 0.531 bits per heavy atom. The molecular formula is C30H30N2.